The molecular weight excluding hydrogens is 238 g/mol. The van der Waals surface area contributed by atoms with Gasteiger partial charge in [-0.05, 0) is 32.9 Å². The van der Waals surface area contributed by atoms with Gasteiger partial charge in [0.1, 0.15) is 0 Å². The van der Waals surface area contributed by atoms with Crippen LogP contribution in [0.1, 0.15) is 38.0 Å². The highest BCUT2D eigenvalue weighted by molar-refractivity contribution is 5.23. The number of rotatable bonds is 8. The fraction of sp³-hybridized carbons (Fsp3) is 0.625. The molecule has 3 heteroatoms. The number of aliphatic hydroxyl groups is 1. The fourth-order valence-corrected chi connectivity index (χ4v) is 2.22. The monoisotopic (exact) mass is 265 g/mol. The Morgan fingerprint density at radius 3 is 2.37 bits per heavy atom. The van der Waals surface area contributed by atoms with E-state index in [4.69, 9.17) is 4.74 Å². The number of hydrogen-bond donors (Lipinski definition) is 1. The smallest absolute Gasteiger partial charge is 0.0942 e. The summed E-state index contributed by atoms with van der Waals surface area (Å²) in [6, 6.07) is 8.19. The van der Waals surface area contributed by atoms with Crippen LogP contribution in [0.5, 0.6) is 0 Å². The predicted molar refractivity (Wildman–Crippen MR) is 79.3 cm³/mol. The molecule has 0 aliphatic heterocycles. The van der Waals surface area contributed by atoms with Crippen LogP contribution in [0.3, 0.4) is 0 Å². The lowest BCUT2D eigenvalue weighted by Crippen LogP contribution is -2.39. The van der Waals surface area contributed by atoms with Crippen molar-refractivity contribution in [1.29, 1.82) is 0 Å². The van der Waals surface area contributed by atoms with Crippen LogP contribution in [0, 0.1) is 6.92 Å². The number of ether oxygens (including phenoxy) is 1. The van der Waals surface area contributed by atoms with Gasteiger partial charge < -0.3 is 9.84 Å². The third-order valence-electron chi connectivity index (χ3n) is 3.58. The molecule has 0 heterocycles. The second-order valence-electron chi connectivity index (χ2n) is 4.92. The summed E-state index contributed by atoms with van der Waals surface area (Å²) in [5.74, 6) is 0. The van der Waals surface area contributed by atoms with Gasteiger partial charge in [-0.1, -0.05) is 36.8 Å². The Balaban J connectivity index is 2.62. The first-order valence-electron chi connectivity index (χ1n) is 7.16. The predicted octanol–water partition coefficient (Wildman–Crippen LogP) is 2.78. The molecule has 0 saturated carbocycles. The van der Waals surface area contributed by atoms with E-state index in [0.29, 0.717) is 0 Å². The van der Waals surface area contributed by atoms with Crippen molar-refractivity contribution in [3.05, 3.63) is 35.4 Å². The number of benzene rings is 1. The Labute approximate surface area is 117 Å². The maximum Gasteiger partial charge on any atom is 0.0942 e. The van der Waals surface area contributed by atoms with E-state index < -0.39 is 6.10 Å². The number of nitrogens with zero attached hydrogens (tertiary/aromatic N) is 1. The molecule has 1 aromatic carbocycles. The van der Waals surface area contributed by atoms with E-state index in [2.05, 4.69) is 25.7 Å². The SMILES string of the molecule is CCOCCN(CC)C(C)C(O)c1ccc(C)cc1. The molecule has 0 aliphatic rings. The molecule has 2 atom stereocenters. The van der Waals surface area contributed by atoms with Gasteiger partial charge in [-0.25, -0.2) is 0 Å². The Morgan fingerprint density at radius 2 is 1.84 bits per heavy atom. The minimum absolute atomic E-state index is 0.0909. The summed E-state index contributed by atoms with van der Waals surface area (Å²) in [7, 11) is 0. The van der Waals surface area contributed by atoms with Gasteiger partial charge in [0.15, 0.2) is 0 Å². The van der Waals surface area contributed by atoms with Crippen LogP contribution in [0.2, 0.25) is 0 Å². The van der Waals surface area contributed by atoms with Gasteiger partial charge in [0.25, 0.3) is 0 Å². The second-order valence-corrected chi connectivity index (χ2v) is 4.92. The Hall–Kier alpha value is -0.900. The Kier molecular flexibility index (Phi) is 7.06. The number of likely N-dealkylation sites (N-methyl/N-ethyl adjacent to an activating group) is 1. The Morgan fingerprint density at radius 1 is 1.21 bits per heavy atom. The third-order valence-corrected chi connectivity index (χ3v) is 3.58. The molecule has 0 radical (unpaired) electrons. The molecular formula is C16H27NO2. The van der Waals surface area contributed by atoms with Crippen molar-refractivity contribution in [2.45, 2.75) is 39.8 Å². The van der Waals surface area contributed by atoms with Crippen molar-refractivity contribution >= 4 is 0 Å². The van der Waals surface area contributed by atoms with Crippen molar-refractivity contribution in [3.63, 3.8) is 0 Å². The van der Waals surface area contributed by atoms with Gasteiger partial charge in [0.05, 0.1) is 12.7 Å². The summed E-state index contributed by atoms with van der Waals surface area (Å²) in [5, 5.41) is 10.5. The van der Waals surface area contributed by atoms with Gasteiger partial charge in [-0.2, -0.15) is 0 Å². The largest absolute Gasteiger partial charge is 0.387 e. The van der Waals surface area contributed by atoms with Crippen LogP contribution in [0.25, 0.3) is 0 Å². The zero-order valence-electron chi connectivity index (χ0n) is 12.6. The fourth-order valence-electron chi connectivity index (χ4n) is 2.22. The van der Waals surface area contributed by atoms with Crippen molar-refractivity contribution in [2.24, 2.45) is 0 Å². The van der Waals surface area contributed by atoms with E-state index in [1.807, 2.05) is 31.2 Å². The quantitative estimate of drug-likeness (QED) is 0.734. The minimum atomic E-state index is -0.456. The van der Waals surface area contributed by atoms with Crippen LogP contribution in [0.15, 0.2) is 24.3 Å². The molecule has 0 fully saturated rings. The first kappa shape index (κ1) is 16.2. The van der Waals surface area contributed by atoms with Crippen LogP contribution < -0.4 is 0 Å². The summed E-state index contributed by atoms with van der Waals surface area (Å²) in [6.07, 6.45) is -0.456. The molecule has 0 bridgehead atoms. The average Bonchev–Trinajstić information content (AvgIpc) is 2.43. The molecule has 1 aromatic rings. The highest BCUT2D eigenvalue weighted by Crippen LogP contribution is 2.21. The number of aryl methyl sites for hydroxylation is 1. The first-order chi connectivity index (χ1) is 9.10. The summed E-state index contributed by atoms with van der Waals surface area (Å²) in [4.78, 5) is 2.25. The maximum absolute atomic E-state index is 10.5. The van der Waals surface area contributed by atoms with Crippen molar-refractivity contribution < 1.29 is 9.84 Å². The lowest BCUT2D eigenvalue weighted by Gasteiger charge is -2.31. The molecule has 1 N–H and O–H groups in total. The van der Waals surface area contributed by atoms with Crippen molar-refractivity contribution in [1.82, 2.24) is 4.90 Å². The summed E-state index contributed by atoms with van der Waals surface area (Å²) < 4.78 is 5.39. The van der Waals surface area contributed by atoms with Gasteiger partial charge in [0, 0.05) is 19.2 Å². The van der Waals surface area contributed by atoms with E-state index in [9.17, 15) is 5.11 Å². The minimum Gasteiger partial charge on any atom is -0.387 e. The van der Waals surface area contributed by atoms with E-state index in [1.54, 1.807) is 0 Å². The molecule has 2 unspecified atom stereocenters. The maximum atomic E-state index is 10.5. The highest BCUT2D eigenvalue weighted by Gasteiger charge is 2.21. The number of hydrogen-bond acceptors (Lipinski definition) is 3. The van der Waals surface area contributed by atoms with Crippen molar-refractivity contribution in [3.8, 4) is 0 Å². The van der Waals surface area contributed by atoms with Crippen LogP contribution in [0.4, 0.5) is 0 Å². The molecule has 0 amide bonds. The highest BCUT2D eigenvalue weighted by atomic mass is 16.5. The normalized spacial score (nSPS) is 14.6. The summed E-state index contributed by atoms with van der Waals surface area (Å²) in [6.45, 7) is 11.5. The summed E-state index contributed by atoms with van der Waals surface area (Å²) in [5.41, 5.74) is 2.19. The molecule has 19 heavy (non-hydrogen) atoms. The van der Waals surface area contributed by atoms with Gasteiger partial charge in [0.2, 0.25) is 0 Å². The molecule has 108 valence electrons. The van der Waals surface area contributed by atoms with E-state index >= 15 is 0 Å². The Bertz CT molecular complexity index is 350. The van der Waals surface area contributed by atoms with Crippen LogP contribution >= 0.6 is 0 Å². The molecule has 0 aliphatic carbocycles. The molecule has 3 nitrogen and oxygen atoms in total. The van der Waals surface area contributed by atoms with Gasteiger partial charge in [-0.15, -0.1) is 0 Å². The molecule has 1 rings (SSSR count). The number of aliphatic hydroxyl groups excluding tert-OH is 1. The van der Waals surface area contributed by atoms with Crippen LogP contribution in [-0.2, 0) is 4.74 Å². The average molecular weight is 265 g/mol. The van der Waals surface area contributed by atoms with E-state index in [-0.39, 0.29) is 6.04 Å². The zero-order chi connectivity index (χ0) is 14.3. The van der Waals surface area contributed by atoms with Gasteiger partial charge >= 0.3 is 0 Å². The van der Waals surface area contributed by atoms with Gasteiger partial charge in [-0.3, -0.25) is 4.90 Å². The molecule has 0 saturated heterocycles. The van der Waals surface area contributed by atoms with Crippen molar-refractivity contribution in [2.75, 3.05) is 26.3 Å². The lowest BCUT2D eigenvalue weighted by molar-refractivity contribution is 0.0381. The molecule has 0 spiro atoms. The third kappa shape index (κ3) is 4.94. The summed E-state index contributed by atoms with van der Waals surface area (Å²) >= 11 is 0. The molecule has 0 aromatic heterocycles. The van der Waals surface area contributed by atoms with E-state index in [0.717, 1.165) is 31.9 Å². The topological polar surface area (TPSA) is 32.7 Å². The second kappa shape index (κ2) is 8.31. The standard InChI is InChI=1S/C16H27NO2/c1-5-17(11-12-19-6-2)14(4)16(18)15-9-7-13(3)8-10-15/h7-10,14,16,18H,5-6,11-12H2,1-4H3. The van der Waals surface area contributed by atoms with Crippen LogP contribution in [-0.4, -0.2) is 42.4 Å². The zero-order valence-corrected chi connectivity index (χ0v) is 12.6. The lowest BCUT2D eigenvalue weighted by atomic mass is 10.0. The first-order valence-corrected chi connectivity index (χ1v) is 7.16. The van der Waals surface area contributed by atoms with E-state index in [1.165, 1.54) is 5.56 Å².